The fourth-order valence-corrected chi connectivity index (χ4v) is 6.21. The first-order valence-corrected chi connectivity index (χ1v) is 14.3. The van der Waals surface area contributed by atoms with Gasteiger partial charge in [0.25, 0.3) is 11.8 Å². The van der Waals surface area contributed by atoms with Gasteiger partial charge in [-0.05, 0) is 23.6 Å². The number of sulfonamides is 1. The zero-order valence-electron chi connectivity index (χ0n) is 20.1. The summed E-state index contributed by atoms with van der Waals surface area (Å²) >= 11 is 1.25. The second-order valence-electron chi connectivity index (χ2n) is 8.85. The van der Waals surface area contributed by atoms with Crippen LogP contribution in [0.1, 0.15) is 31.4 Å². The molecule has 38 heavy (non-hydrogen) atoms. The molecule has 0 bridgehead atoms. The van der Waals surface area contributed by atoms with Gasteiger partial charge >= 0.3 is 0 Å². The number of para-hydroxylation sites is 1. The molecule has 3 aromatic heterocycles. The highest BCUT2D eigenvalue weighted by Crippen LogP contribution is 2.30. The van der Waals surface area contributed by atoms with E-state index in [2.05, 4.69) is 30.6 Å². The van der Waals surface area contributed by atoms with Gasteiger partial charge in [0.05, 0.1) is 23.0 Å². The molecule has 0 saturated heterocycles. The molecule has 1 aliphatic rings. The Kier molecular flexibility index (Phi) is 5.90. The summed E-state index contributed by atoms with van der Waals surface area (Å²) in [6.45, 7) is 0.602. The van der Waals surface area contributed by atoms with Gasteiger partial charge < -0.3 is 4.98 Å². The number of anilines is 2. The number of hydrogen-bond donors (Lipinski definition) is 3. The van der Waals surface area contributed by atoms with Crippen LogP contribution in [0.15, 0.2) is 54.7 Å². The third kappa shape index (κ3) is 4.62. The van der Waals surface area contributed by atoms with Crippen LogP contribution in [0.3, 0.4) is 0 Å². The molecule has 5 aromatic rings. The van der Waals surface area contributed by atoms with Crippen LogP contribution in [-0.2, 0) is 23.0 Å². The minimum Gasteiger partial charge on any atom is -0.324 e. The number of imidazole rings is 1. The van der Waals surface area contributed by atoms with E-state index in [-0.39, 0.29) is 18.2 Å². The lowest BCUT2D eigenvalue weighted by Crippen LogP contribution is -2.34. The molecule has 0 saturated carbocycles. The molecule has 3 N–H and O–H groups in total. The summed E-state index contributed by atoms with van der Waals surface area (Å²) in [6, 6.07) is 14.4. The summed E-state index contributed by atoms with van der Waals surface area (Å²) in [7, 11) is -3.30. The van der Waals surface area contributed by atoms with Gasteiger partial charge in [0.1, 0.15) is 11.2 Å². The molecule has 0 atom stereocenters. The topological polar surface area (TPSA) is 150 Å². The number of nitrogens with zero attached hydrogens (tertiary/aromatic N) is 4. The molecule has 13 heteroatoms. The largest absolute Gasteiger partial charge is 0.324 e. The van der Waals surface area contributed by atoms with Crippen molar-refractivity contribution in [2.24, 2.45) is 0 Å². The number of pyridine rings is 1. The summed E-state index contributed by atoms with van der Waals surface area (Å²) in [6.07, 6.45) is 3.31. The predicted octanol–water partition coefficient (Wildman–Crippen LogP) is 3.39. The number of aromatic amines is 1. The van der Waals surface area contributed by atoms with Gasteiger partial charge in [0, 0.05) is 36.0 Å². The Morgan fingerprint density at radius 2 is 1.84 bits per heavy atom. The predicted molar refractivity (Wildman–Crippen MR) is 145 cm³/mol. The number of benzene rings is 2. The third-order valence-electron chi connectivity index (χ3n) is 6.24. The van der Waals surface area contributed by atoms with Crippen molar-refractivity contribution in [2.45, 2.75) is 13.0 Å². The quantitative estimate of drug-likeness (QED) is 0.305. The van der Waals surface area contributed by atoms with E-state index in [0.29, 0.717) is 34.7 Å². The molecule has 11 nitrogen and oxygen atoms in total. The van der Waals surface area contributed by atoms with Crippen molar-refractivity contribution >= 4 is 66.1 Å². The van der Waals surface area contributed by atoms with Gasteiger partial charge in [0.2, 0.25) is 16.0 Å². The standard InChI is InChI=1S/C25H21N7O4S2/c1-38(35,36)32-10-9-17-20(13-32)37-25(28-17)31-22(33)16-7-4-8-18-21(16)29-24(27-18)30-23(34)19-11-14-5-2-3-6-15(14)12-26-19/h2-8,11-12H,9-10,13H2,1H3,(H,28,31,33)(H2,27,29,30,34). The van der Waals surface area contributed by atoms with Crippen LogP contribution in [0.25, 0.3) is 21.8 Å². The van der Waals surface area contributed by atoms with E-state index in [1.165, 1.54) is 21.9 Å². The summed E-state index contributed by atoms with van der Waals surface area (Å²) in [5.74, 6) is -0.662. The number of rotatable bonds is 5. The fraction of sp³-hybridized carbons (Fsp3) is 0.160. The van der Waals surface area contributed by atoms with Crippen molar-refractivity contribution in [3.05, 3.63) is 76.6 Å². The Bertz CT molecular complexity index is 1850. The van der Waals surface area contributed by atoms with E-state index in [9.17, 15) is 18.0 Å². The number of fused-ring (bicyclic) bond motifs is 3. The average molecular weight is 548 g/mol. The lowest BCUT2D eigenvalue weighted by atomic mass is 10.1. The zero-order chi connectivity index (χ0) is 26.4. The van der Waals surface area contributed by atoms with Gasteiger partial charge in [-0.2, -0.15) is 4.31 Å². The molecule has 0 radical (unpaired) electrons. The Morgan fingerprint density at radius 1 is 1.03 bits per heavy atom. The van der Waals surface area contributed by atoms with Gasteiger partial charge in [-0.1, -0.05) is 30.3 Å². The molecule has 6 rings (SSSR count). The zero-order valence-corrected chi connectivity index (χ0v) is 21.7. The van der Waals surface area contributed by atoms with Gasteiger partial charge in [-0.15, -0.1) is 11.3 Å². The molecular formula is C25H21N7O4S2. The molecule has 0 spiro atoms. The SMILES string of the molecule is CS(=O)(=O)N1CCc2nc(NC(=O)c3cccc4[nH]c(NC(=O)c5cc6ccccc6cn5)nc34)sc2C1. The van der Waals surface area contributed by atoms with Crippen molar-refractivity contribution in [3.63, 3.8) is 0 Å². The molecule has 1 aliphatic heterocycles. The van der Waals surface area contributed by atoms with Gasteiger partial charge in [-0.25, -0.2) is 18.4 Å². The average Bonchev–Trinajstić information content (AvgIpc) is 3.49. The van der Waals surface area contributed by atoms with Crippen LogP contribution in [0.5, 0.6) is 0 Å². The first-order valence-electron chi connectivity index (χ1n) is 11.6. The summed E-state index contributed by atoms with van der Waals surface area (Å²) in [4.78, 5) is 42.9. The molecule has 4 heterocycles. The van der Waals surface area contributed by atoms with Crippen LogP contribution < -0.4 is 10.6 Å². The monoisotopic (exact) mass is 547 g/mol. The number of amides is 2. The minimum absolute atomic E-state index is 0.186. The van der Waals surface area contributed by atoms with E-state index >= 15 is 0 Å². The number of aromatic nitrogens is 4. The summed E-state index contributed by atoms with van der Waals surface area (Å²) in [5, 5.41) is 7.73. The number of nitrogens with one attached hydrogen (secondary N) is 3. The van der Waals surface area contributed by atoms with Crippen LogP contribution in [0, 0.1) is 0 Å². The van der Waals surface area contributed by atoms with E-state index in [4.69, 9.17) is 0 Å². The van der Waals surface area contributed by atoms with Crippen LogP contribution in [0.2, 0.25) is 0 Å². The highest BCUT2D eigenvalue weighted by molar-refractivity contribution is 7.88. The Hall–Kier alpha value is -4.20. The van der Waals surface area contributed by atoms with Gasteiger partial charge in [0.15, 0.2) is 5.13 Å². The number of carbonyl (C=O) groups excluding carboxylic acids is 2. The van der Waals surface area contributed by atoms with Crippen molar-refractivity contribution in [2.75, 3.05) is 23.4 Å². The lowest BCUT2D eigenvalue weighted by molar-refractivity contribution is 0.101. The van der Waals surface area contributed by atoms with Crippen molar-refractivity contribution in [1.82, 2.24) is 24.2 Å². The molecule has 2 amide bonds. The first-order chi connectivity index (χ1) is 18.2. The molecule has 2 aromatic carbocycles. The maximum atomic E-state index is 13.1. The van der Waals surface area contributed by atoms with E-state index in [1.807, 2.05) is 24.3 Å². The molecule has 192 valence electrons. The second kappa shape index (κ2) is 9.28. The molecule has 0 unspecified atom stereocenters. The van der Waals surface area contributed by atoms with E-state index in [0.717, 1.165) is 21.3 Å². The summed E-state index contributed by atoms with van der Waals surface area (Å²) < 4.78 is 25.2. The molecule has 0 aliphatic carbocycles. The number of thiazole rings is 1. The molecule has 0 fully saturated rings. The summed E-state index contributed by atoms with van der Waals surface area (Å²) in [5.41, 5.74) is 2.28. The second-order valence-corrected chi connectivity index (χ2v) is 11.9. The highest BCUT2D eigenvalue weighted by Gasteiger charge is 2.27. The van der Waals surface area contributed by atoms with Crippen molar-refractivity contribution < 1.29 is 18.0 Å². The van der Waals surface area contributed by atoms with Crippen LogP contribution in [-0.4, -0.2) is 57.3 Å². The number of hydrogen-bond acceptors (Lipinski definition) is 8. The fourth-order valence-electron chi connectivity index (χ4n) is 4.33. The molecular weight excluding hydrogens is 526 g/mol. The maximum absolute atomic E-state index is 13.1. The van der Waals surface area contributed by atoms with Crippen molar-refractivity contribution in [1.29, 1.82) is 0 Å². The number of H-pyrrole nitrogens is 1. The minimum atomic E-state index is -3.30. The van der Waals surface area contributed by atoms with Crippen LogP contribution >= 0.6 is 11.3 Å². The third-order valence-corrected chi connectivity index (χ3v) is 8.49. The van der Waals surface area contributed by atoms with Gasteiger partial charge in [-0.3, -0.25) is 25.2 Å². The van der Waals surface area contributed by atoms with E-state index < -0.39 is 21.8 Å². The van der Waals surface area contributed by atoms with E-state index in [1.54, 1.807) is 30.5 Å². The lowest BCUT2D eigenvalue weighted by Gasteiger charge is -2.23. The van der Waals surface area contributed by atoms with Crippen molar-refractivity contribution in [3.8, 4) is 0 Å². The maximum Gasteiger partial charge on any atom is 0.276 e. The highest BCUT2D eigenvalue weighted by atomic mass is 32.2. The Labute approximate surface area is 221 Å². The van der Waals surface area contributed by atoms with Crippen LogP contribution in [0.4, 0.5) is 11.1 Å². The Morgan fingerprint density at radius 3 is 2.66 bits per heavy atom. The first kappa shape index (κ1) is 24.2. The number of carbonyl (C=O) groups is 2. The smallest absolute Gasteiger partial charge is 0.276 e. The Balaban J connectivity index is 1.21. The normalized spacial score (nSPS) is 13.9.